The molecule has 2 rings (SSSR count). The molecule has 0 amide bonds. The van der Waals surface area contributed by atoms with Crippen molar-refractivity contribution in [1.82, 2.24) is 4.72 Å². The number of rotatable bonds is 5. The van der Waals surface area contributed by atoms with Crippen molar-refractivity contribution in [2.45, 2.75) is 24.3 Å². The maximum atomic E-state index is 12.1. The summed E-state index contributed by atoms with van der Waals surface area (Å²) in [4.78, 5) is 1.39. The van der Waals surface area contributed by atoms with Crippen molar-refractivity contribution in [3.05, 3.63) is 51.7 Å². The molecular formula is C13H14ClNO2S2. The minimum Gasteiger partial charge on any atom is -0.208 e. The Balaban J connectivity index is 2.06. The van der Waals surface area contributed by atoms with Gasteiger partial charge in [-0.25, -0.2) is 13.1 Å². The number of hydrogen-bond donors (Lipinski definition) is 1. The molecule has 1 atom stereocenters. The van der Waals surface area contributed by atoms with Crippen LogP contribution < -0.4 is 4.72 Å². The third-order valence-corrected chi connectivity index (χ3v) is 5.32. The lowest BCUT2D eigenvalue weighted by Gasteiger charge is -2.13. The van der Waals surface area contributed by atoms with E-state index in [9.17, 15) is 8.42 Å². The molecule has 1 aromatic heterocycles. The summed E-state index contributed by atoms with van der Waals surface area (Å²) in [6, 6.07) is 9.95. The van der Waals surface area contributed by atoms with Crippen LogP contribution in [0.25, 0.3) is 0 Å². The van der Waals surface area contributed by atoms with Gasteiger partial charge in [0.2, 0.25) is 10.0 Å². The number of thiophene rings is 1. The molecule has 19 heavy (non-hydrogen) atoms. The summed E-state index contributed by atoms with van der Waals surface area (Å²) in [7, 11) is -3.48. The van der Waals surface area contributed by atoms with Gasteiger partial charge < -0.3 is 0 Å². The first-order chi connectivity index (χ1) is 8.97. The lowest BCUT2D eigenvalue weighted by atomic mass is 10.2. The number of nitrogens with one attached hydrogen (secondary N) is 1. The van der Waals surface area contributed by atoms with Crippen molar-refractivity contribution < 1.29 is 8.42 Å². The minimum atomic E-state index is -3.48. The van der Waals surface area contributed by atoms with Gasteiger partial charge in [0.15, 0.2) is 0 Å². The van der Waals surface area contributed by atoms with E-state index < -0.39 is 10.0 Å². The Morgan fingerprint density at radius 1 is 1.26 bits per heavy atom. The molecule has 6 heteroatoms. The number of halogens is 1. The van der Waals surface area contributed by atoms with Crippen molar-refractivity contribution in [2.24, 2.45) is 0 Å². The van der Waals surface area contributed by atoms with Gasteiger partial charge in [0.1, 0.15) is 0 Å². The van der Waals surface area contributed by atoms with Crippen molar-refractivity contribution >= 4 is 33.0 Å². The Bertz CT molecular complexity index is 621. The fourth-order valence-corrected chi connectivity index (χ4v) is 3.92. The van der Waals surface area contributed by atoms with Gasteiger partial charge >= 0.3 is 0 Å². The van der Waals surface area contributed by atoms with E-state index in [1.54, 1.807) is 23.5 Å². The second-order valence-corrected chi connectivity index (χ2v) is 7.44. The van der Waals surface area contributed by atoms with E-state index in [-0.39, 0.29) is 10.9 Å². The predicted octanol–water partition coefficient (Wildman–Crippen LogP) is 3.31. The Morgan fingerprint density at radius 3 is 2.53 bits per heavy atom. The highest BCUT2D eigenvalue weighted by molar-refractivity contribution is 7.89. The van der Waals surface area contributed by atoms with Crippen LogP contribution in [0.3, 0.4) is 0 Å². The third-order valence-electron chi connectivity index (χ3n) is 2.57. The van der Waals surface area contributed by atoms with Gasteiger partial charge in [0.05, 0.1) is 4.90 Å². The van der Waals surface area contributed by atoms with Crippen LogP contribution in [0.4, 0.5) is 0 Å². The monoisotopic (exact) mass is 315 g/mol. The summed E-state index contributed by atoms with van der Waals surface area (Å²) in [6.07, 6.45) is 0.685. The molecule has 0 bridgehead atoms. The third kappa shape index (κ3) is 4.04. The van der Waals surface area contributed by atoms with Crippen LogP contribution in [0.1, 0.15) is 11.8 Å². The van der Waals surface area contributed by atoms with Crippen LogP contribution in [-0.4, -0.2) is 14.5 Å². The molecule has 0 saturated carbocycles. The fourth-order valence-electron chi connectivity index (χ4n) is 1.72. The van der Waals surface area contributed by atoms with Gasteiger partial charge in [0, 0.05) is 15.9 Å². The highest BCUT2D eigenvalue weighted by atomic mass is 35.5. The largest absolute Gasteiger partial charge is 0.240 e. The first-order valence-electron chi connectivity index (χ1n) is 5.77. The van der Waals surface area contributed by atoms with Crippen molar-refractivity contribution in [1.29, 1.82) is 0 Å². The van der Waals surface area contributed by atoms with Gasteiger partial charge in [-0.05, 0) is 49.1 Å². The molecule has 0 aliphatic carbocycles. The quantitative estimate of drug-likeness (QED) is 0.920. The molecule has 0 fully saturated rings. The van der Waals surface area contributed by atoms with Gasteiger partial charge in [-0.3, -0.25) is 0 Å². The van der Waals surface area contributed by atoms with E-state index in [4.69, 9.17) is 11.6 Å². The molecule has 2 aromatic rings. The molecular weight excluding hydrogens is 302 g/mol. The standard InChI is InChI=1S/C13H14ClNO2S2/c1-10(9-12-3-2-8-18-12)15-19(16,17)13-6-4-11(14)5-7-13/h2-8,10,15H,9H2,1H3/t10-/m1/s1. The Hall–Kier alpha value is -0.880. The summed E-state index contributed by atoms with van der Waals surface area (Å²) < 4.78 is 26.9. The van der Waals surface area contributed by atoms with Gasteiger partial charge in [-0.2, -0.15) is 0 Å². The molecule has 0 aliphatic heterocycles. The molecule has 0 spiro atoms. The van der Waals surface area contributed by atoms with Crippen LogP contribution in [0.5, 0.6) is 0 Å². The Kier molecular flexibility index (Phi) is 4.62. The van der Waals surface area contributed by atoms with Gasteiger partial charge in [-0.1, -0.05) is 17.7 Å². The number of sulfonamides is 1. The zero-order chi connectivity index (χ0) is 13.9. The predicted molar refractivity (Wildman–Crippen MR) is 79.3 cm³/mol. The van der Waals surface area contributed by atoms with E-state index in [0.717, 1.165) is 4.88 Å². The number of hydrogen-bond acceptors (Lipinski definition) is 3. The lowest BCUT2D eigenvalue weighted by molar-refractivity contribution is 0.561. The Labute approximate surface area is 122 Å². The highest BCUT2D eigenvalue weighted by Crippen LogP contribution is 2.16. The topological polar surface area (TPSA) is 46.2 Å². The number of benzene rings is 1. The van der Waals surface area contributed by atoms with Crippen molar-refractivity contribution in [2.75, 3.05) is 0 Å². The second-order valence-electron chi connectivity index (χ2n) is 4.26. The summed E-state index contributed by atoms with van der Waals surface area (Å²) >= 11 is 7.37. The van der Waals surface area contributed by atoms with Crippen LogP contribution in [0.15, 0.2) is 46.7 Å². The molecule has 3 nitrogen and oxygen atoms in total. The summed E-state index contributed by atoms with van der Waals surface area (Å²) in [5.74, 6) is 0. The average Bonchev–Trinajstić information content (AvgIpc) is 2.81. The van der Waals surface area contributed by atoms with Gasteiger partial charge in [-0.15, -0.1) is 11.3 Å². The summed E-state index contributed by atoms with van der Waals surface area (Å²) in [5.41, 5.74) is 0. The molecule has 1 heterocycles. The van der Waals surface area contributed by atoms with Crippen molar-refractivity contribution in [3.63, 3.8) is 0 Å². The van der Waals surface area contributed by atoms with E-state index in [1.165, 1.54) is 12.1 Å². The average molecular weight is 316 g/mol. The Morgan fingerprint density at radius 2 is 1.95 bits per heavy atom. The first kappa shape index (κ1) is 14.5. The summed E-state index contributed by atoms with van der Waals surface area (Å²) in [5, 5.41) is 2.50. The maximum absolute atomic E-state index is 12.1. The van der Waals surface area contributed by atoms with Crippen molar-refractivity contribution in [3.8, 4) is 0 Å². The second kappa shape index (κ2) is 6.05. The molecule has 1 aromatic carbocycles. The molecule has 0 unspecified atom stereocenters. The normalized spacial score (nSPS) is 13.4. The molecule has 0 saturated heterocycles. The van der Waals surface area contributed by atoms with Crippen LogP contribution >= 0.6 is 22.9 Å². The van der Waals surface area contributed by atoms with Crippen LogP contribution in [0.2, 0.25) is 5.02 Å². The maximum Gasteiger partial charge on any atom is 0.240 e. The zero-order valence-electron chi connectivity index (χ0n) is 10.3. The fraction of sp³-hybridized carbons (Fsp3) is 0.231. The van der Waals surface area contributed by atoms with E-state index >= 15 is 0 Å². The molecule has 0 radical (unpaired) electrons. The minimum absolute atomic E-state index is 0.153. The molecule has 0 aliphatic rings. The van der Waals surface area contributed by atoms with E-state index in [2.05, 4.69) is 4.72 Å². The molecule has 102 valence electrons. The van der Waals surface area contributed by atoms with Crippen LogP contribution in [0, 0.1) is 0 Å². The van der Waals surface area contributed by atoms with Gasteiger partial charge in [0.25, 0.3) is 0 Å². The smallest absolute Gasteiger partial charge is 0.208 e. The van der Waals surface area contributed by atoms with Crippen LogP contribution in [-0.2, 0) is 16.4 Å². The SMILES string of the molecule is C[C@H](Cc1cccs1)NS(=O)(=O)c1ccc(Cl)cc1. The zero-order valence-corrected chi connectivity index (χ0v) is 12.7. The highest BCUT2D eigenvalue weighted by Gasteiger charge is 2.17. The molecule has 1 N–H and O–H groups in total. The van der Waals surface area contributed by atoms with E-state index in [1.807, 2.05) is 24.4 Å². The lowest BCUT2D eigenvalue weighted by Crippen LogP contribution is -2.33. The van der Waals surface area contributed by atoms with E-state index in [0.29, 0.717) is 11.4 Å². The summed E-state index contributed by atoms with van der Waals surface area (Å²) in [6.45, 7) is 1.85. The first-order valence-corrected chi connectivity index (χ1v) is 8.52.